The Balaban J connectivity index is 3.22. The second-order valence-corrected chi connectivity index (χ2v) is 5.19. The lowest BCUT2D eigenvalue weighted by molar-refractivity contribution is 0.0697. The Labute approximate surface area is 94.4 Å². The molecule has 0 aliphatic carbocycles. The number of aromatic carboxylic acids is 1. The molecule has 0 atom stereocenters. The molecule has 0 saturated heterocycles. The van der Waals surface area contributed by atoms with Crippen molar-refractivity contribution < 1.29 is 18.3 Å². The van der Waals surface area contributed by atoms with Crippen LogP contribution in [0, 0.1) is 0 Å². The summed E-state index contributed by atoms with van der Waals surface area (Å²) in [5.41, 5.74) is 0.435. The van der Waals surface area contributed by atoms with Gasteiger partial charge in [0.1, 0.15) is 0 Å². The molecule has 0 radical (unpaired) electrons. The van der Waals surface area contributed by atoms with Crippen molar-refractivity contribution in [3.8, 4) is 0 Å². The zero-order valence-corrected chi connectivity index (χ0v) is 9.86. The maximum Gasteiger partial charge on any atom is 0.335 e. The Bertz CT molecular complexity index is 495. The maximum atomic E-state index is 11.4. The monoisotopic (exact) mass is 243 g/mol. The van der Waals surface area contributed by atoms with Crippen LogP contribution in [0.5, 0.6) is 0 Å². The number of benzene rings is 1. The van der Waals surface area contributed by atoms with Gasteiger partial charge in [-0.1, -0.05) is 6.07 Å². The van der Waals surface area contributed by atoms with E-state index in [2.05, 4.69) is 0 Å². The summed E-state index contributed by atoms with van der Waals surface area (Å²) in [5, 5.41) is 8.80. The fourth-order valence-corrected chi connectivity index (χ4v) is 2.37. The summed E-state index contributed by atoms with van der Waals surface area (Å²) < 4.78 is 24.0. The fourth-order valence-electron chi connectivity index (χ4n) is 1.40. The number of anilines is 1. The van der Waals surface area contributed by atoms with Gasteiger partial charge in [-0.2, -0.15) is 0 Å². The lowest BCUT2D eigenvalue weighted by atomic mass is 10.2. The molecule has 0 unspecified atom stereocenters. The second kappa shape index (κ2) is 4.52. The van der Waals surface area contributed by atoms with Crippen LogP contribution in [0.1, 0.15) is 17.3 Å². The van der Waals surface area contributed by atoms with E-state index in [-0.39, 0.29) is 12.1 Å². The quantitative estimate of drug-likeness (QED) is 0.861. The third kappa shape index (κ3) is 2.73. The molecule has 1 rings (SSSR count). The molecule has 0 bridgehead atoms. The molecule has 0 aliphatic rings. The maximum absolute atomic E-state index is 11.4. The Morgan fingerprint density at radius 1 is 1.44 bits per heavy atom. The number of hydrogen-bond acceptors (Lipinski definition) is 3. The van der Waals surface area contributed by atoms with Crippen molar-refractivity contribution in [2.45, 2.75) is 6.92 Å². The number of carboxylic acids is 1. The van der Waals surface area contributed by atoms with Crippen LogP contribution in [0.15, 0.2) is 24.3 Å². The summed E-state index contributed by atoms with van der Waals surface area (Å²) in [6.45, 7) is 1.95. The number of carbonyl (C=O) groups is 1. The SMILES string of the molecule is CCN(c1cccc(C(=O)O)c1)S(C)(=O)=O. The second-order valence-electron chi connectivity index (χ2n) is 3.28. The molecule has 0 aromatic heterocycles. The Morgan fingerprint density at radius 3 is 2.50 bits per heavy atom. The van der Waals surface area contributed by atoms with E-state index in [0.717, 1.165) is 10.6 Å². The standard InChI is InChI=1S/C10H13NO4S/c1-3-11(16(2,14)15)9-6-4-5-8(7-9)10(12)13/h4-7H,3H2,1-2H3,(H,12,13). The van der Waals surface area contributed by atoms with Crippen molar-refractivity contribution in [2.24, 2.45) is 0 Å². The zero-order chi connectivity index (χ0) is 12.3. The molecule has 6 heteroatoms. The number of hydrogen-bond donors (Lipinski definition) is 1. The lowest BCUT2D eigenvalue weighted by Crippen LogP contribution is -2.29. The molecule has 5 nitrogen and oxygen atoms in total. The summed E-state index contributed by atoms with van der Waals surface area (Å²) >= 11 is 0. The first-order valence-corrected chi connectivity index (χ1v) is 6.52. The third-order valence-corrected chi connectivity index (χ3v) is 3.34. The topological polar surface area (TPSA) is 74.7 Å². The molecule has 0 heterocycles. The molecule has 16 heavy (non-hydrogen) atoms. The Morgan fingerprint density at radius 2 is 2.06 bits per heavy atom. The predicted molar refractivity (Wildman–Crippen MR) is 61.3 cm³/mol. The highest BCUT2D eigenvalue weighted by Gasteiger charge is 2.16. The van der Waals surface area contributed by atoms with Gasteiger partial charge in [0.2, 0.25) is 10.0 Å². The van der Waals surface area contributed by atoms with Gasteiger partial charge in [0.25, 0.3) is 0 Å². The van der Waals surface area contributed by atoms with Crippen LogP contribution in [0.3, 0.4) is 0 Å². The number of rotatable bonds is 4. The van der Waals surface area contributed by atoms with Crippen molar-refractivity contribution in [2.75, 3.05) is 17.1 Å². The summed E-state index contributed by atoms with van der Waals surface area (Å²) in [6.07, 6.45) is 1.09. The van der Waals surface area contributed by atoms with Crippen LogP contribution in [0.2, 0.25) is 0 Å². The molecule has 0 fully saturated rings. The molecule has 1 aromatic carbocycles. The van der Waals surface area contributed by atoms with Gasteiger partial charge in [-0.15, -0.1) is 0 Å². The molecule has 0 spiro atoms. The molecule has 0 aliphatic heterocycles. The predicted octanol–water partition coefficient (Wildman–Crippen LogP) is 1.17. The largest absolute Gasteiger partial charge is 0.478 e. The highest BCUT2D eigenvalue weighted by atomic mass is 32.2. The van der Waals surface area contributed by atoms with E-state index in [1.807, 2.05) is 0 Å². The van der Waals surface area contributed by atoms with Crippen LogP contribution >= 0.6 is 0 Å². The smallest absolute Gasteiger partial charge is 0.335 e. The van der Waals surface area contributed by atoms with Gasteiger partial charge in [0.05, 0.1) is 17.5 Å². The van der Waals surface area contributed by atoms with Crippen LogP contribution in [-0.4, -0.2) is 32.3 Å². The van der Waals surface area contributed by atoms with Crippen LogP contribution in [-0.2, 0) is 10.0 Å². The van der Waals surface area contributed by atoms with Gasteiger partial charge >= 0.3 is 5.97 Å². The molecule has 0 amide bonds. The highest BCUT2D eigenvalue weighted by Crippen LogP contribution is 2.18. The van der Waals surface area contributed by atoms with E-state index in [1.165, 1.54) is 18.2 Å². The average molecular weight is 243 g/mol. The van der Waals surface area contributed by atoms with Gasteiger partial charge in [0.15, 0.2) is 0 Å². The van der Waals surface area contributed by atoms with Crippen LogP contribution in [0.4, 0.5) is 5.69 Å². The molecule has 1 aromatic rings. The first-order chi connectivity index (χ1) is 7.36. The molecular formula is C10H13NO4S. The Kier molecular flexibility index (Phi) is 3.54. The summed E-state index contributed by atoms with van der Waals surface area (Å²) in [4.78, 5) is 10.7. The normalized spacial score (nSPS) is 11.1. The van der Waals surface area contributed by atoms with Gasteiger partial charge in [-0.05, 0) is 25.1 Å². The van der Waals surface area contributed by atoms with E-state index in [0.29, 0.717) is 5.69 Å². The molecule has 0 saturated carbocycles. The Hall–Kier alpha value is -1.56. The first-order valence-electron chi connectivity index (χ1n) is 4.67. The van der Waals surface area contributed by atoms with E-state index < -0.39 is 16.0 Å². The zero-order valence-electron chi connectivity index (χ0n) is 9.04. The van der Waals surface area contributed by atoms with Crippen LogP contribution in [0.25, 0.3) is 0 Å². The van der Waals surface area contributed by atoms with Crippen molar-refractivity contribution >= 4 is 21.7 Å². The van der Waals surface area contributed by atoms with E-state index >= 15 is 0 Å². The molecular weight excluding hydrogens is 230 g/mol. The third-order valence-electron chi connectivity index (χ3n) is 2.07. The fraction of sp³-hybridized carbons (Fsp3) is 0.300. The average Bonchev–Trinajstić information content (AvgIpc) is 2.17. The number of carboxylic acid groups (broad SMARTS) is 1. The van der Waals surface area contributed by atoms with Crippen LogP contribution < -0.4 is 4.31 Å². The molecule has 88 valence electrons. The summed E-state index contributed by atoms with van der Waals surface area (Å²) in [7, 11) is -3.37. The van der Waals surface area contributed by atoms with E-state index in [1.54, 1.807) is 13.0 Å². The first kappa shape index (κ1) is 12.5. The summed E-state index contributed by atoms with van der Waals surface area (Å²) in [5.74, 6) is -1.08. The van der Waals surface area contributed by atoms with Gasteiger partial charge < -0.3 is 5.11 Å². The minimum atomic E-state index is -3.37. The van der Waals surface area contributed by atoms with E-state index in [9.17, 15) is 13.2 Å². The number of nitrogens with zero attached hydrogens (tertiary/aromatic N) is 1. The van der Waals surface area contributed by atoms with Gasteiger partial charge in [0, 0.05) is 6.54 Å². The van der Waals surface area contributed by atoms with Crippen molar-refractivity contribution in [1.29, 1.82) is 0 Å². The van der Waals surface area contributed by atoms with Crippen molar-refractivity contribution in [3.63, 3.8) is 0 Å². The number of sulfonamides is 1. The minimum absolute atomic E-state index is 0.0691. The van der Waals surface area contributed by atoms with Gasteiger partial charge in [-0.3, -0.25) is 4.31 Å². The highest BCUT2D eigenvalue weighted by molar-refractivity contribution is 7.92. The van der Waals surface area contributed by atoms with Gasteiger partial charge in [-0.25, -0.2) is 13.2 Å². The minimum Gasteiger partial charge on any atom is -0.478 e. The lowest BCUT2D eigenvalue weighted by Gasteiger charge is -2.20. The van der Waals surface area contributed by atoms with E-state index in [4.69, 9.17) is 5.11 Å². The van der Waals surface area contributed by atoms with Crippen molar-refractivity contribution in [3.05, 3.63) is 29.8 Å². The molecule has 1 N–H and O–H groups in total. The van der Waals surface area contributed by atoms with Crippen molar-refractivity contribution in [1.82, 2.24) is 0 Å². The summed E-state index contributed by atoms with van der Waals surface area (Å²) in [6, 6.07) is 5.85.